The number of aliphatic hydroxyl groups excluding tert-OH is 1. The quantitative estimate of drug-likeness (QED) is 0.128. The molecule has 16 nitrogen and oxygen atoms in total. The predicted molar refractivity (Wildman–Crippen MR) is 185 cm³/mol. The van der Waals surface area contributed by atoms with Crippen molar-refractivity contribution in [1.82, 2.24) is 46.1 Å². The van der Waals surface area contributed by atoms with Crippen LogP contribution in [0.4, 0.5) is 4.79 Å². The minimum atomic E-state index is -1.12. The summed E-state index contributed by atoms with van der Waals surface area (Å²) >= 11 is 0. The number of ether oxygens (including phenoxy) is 2. The molecule has 51 heavy (non-hydrogen) atoms. The first-order valence-electron chi connectivity index (χ1n) is 17.6. The molecule has 1 aromatic carbocycles. The van der Waals surface area contributed by atoms with Gasteiger partial charge in [-0.15, -0.1) is 5.10 Å². The topological polar surface area (TPSA) is 215 Å². The fourth-order valence-corrected chi connectivity index (χ4v) is 6.13. The Morgan fingerprint density at radius 3 is 2.35 bits per heavy atom. The molecule has 3 amide bonds. The average Bonchev–Trinajstić information content (AvgIpc) is 3.76. The van der Waals surface area contributed by atoms with Crippen LogP contribution in [0.2, 0.25) is 0 Å². The summed E-state index contributed by atoms with van der Waals surface area (Å²) in [5.41, 5.74) is 0.596. The van der Waals surface area contributed by atoms with Gasteiger partial charge in [-0.1, -0.05) is 62.4 Å². The van der Waals surface area contributed by atoms with E-state index in [1.807, 2.05) is 30.3 Å². The van der Waals surface area contributed by atoms with Crippen molar-refractivity contribution in [3.63, 3.8) is 0 Å². The van der Waals surface area contributed by atoms with E-state index in [1.165, 1.54) is 11.0 Å². The van der Waals surface area contributed by atoms with E-state index in [0.717, 1.165) is 37.7 Å². The van der Waals surface area contributed by atoms with Crippen LogP contribution < -0.4 is 16.0 Å². The van der Waals surface area contributed by atoms with Gasteiger partial charge in [0, 0.05) is 31.2 Å². The van der Waals surface area contributed by atoms with Gasteiger partial charge in [-0.2, -0.15) is 0 Å². The number of imidazole rings is 1. The molecule has 0 bridgehead atoms. The van der Waals surface area contributed by atoms with Crippen molar-refractivity contribution in [2.24, 2.45) is 5.92 Å². The third-order valence-electron chi connectivity index (χ3n) is 8.59. The van der Waals surface area contributed by atoms with Crippen LogP contribution in [-0.4, -0.2) is 95.6 Å². The van der Waals surface area contributed by atoms with Crippen LogP contribution in [-0.2, 0) is 49.7 Å². The van der Waals surface area contributed by atoms with Crippen LogP contribution in [0.1, 0.15) is 83.3 Å². The molecule has 2 aromatic heterocycles. The van der Waals surface area contributed by atoms with E-state index in [2.05, 4.69) is 41.4 Å². The largest absolute Gasteiger partial charge is 0.465 e. The summed E-state index contributed by atoms with van der Waals surface area (Å²) in [5.74, 6) is -1.11. The number of amides is 3. The maximum Gasteiger partial charge on any atom is 0.408 e. The van der Waals surface area contributed by atoms with Crippen LogP contribution >= 0.6 is 0 Å². The highest BCUT2D eigenvalue weighted by molar-refractivity contribution is 5.91. The Labute approximate surface area is 297 Å². The number of hydrogen-bond acceptors (Lipinski definition) is 11. The Kier molecular flexibility index (Phi) is 14.5. The molecule has 1 aliphatic carbocycles. The number of carbonyl (C=O) groups is 4. The van der Waals surface area contributed by atoms with Crippen LogP contribution in [0, 0.1) is 5.92 Å². The fraction of sp³-hybridized carbons (Fsp3) is 0.600. The third-order valence-corrected chi connectivity index (χ3v) is 8.59. The van der Waals surface area contributed by atoms with Crippen LogP contribution in [0.15, 0.2) is 42.9 Å². The molecule has 3 aromatic rings. The number of rotatable bonds is 17. The Balaban J connectivity index is 1.55. The summed E-state index contributed by atoms with van der Waals surface area (Å²) in [6.07, 6.45) is 7.00. The van der Waals surface area contributed by atoms with Crippen molar-refractivity contribution < 1.29 is 33.8 Å². The van der Waals surface area contributed by atoms with E-state index in [1.54, 1.807) is 33.9 Å². The highest BCUT2D eigenvalue weighted by Crippen LogP contribution is 2.28. The second-order valence-electron chi connectivity index (χ2n) is 13.9. The molecule has 0 unspecified atom stereocenters. The molecule has 0 aliphatic heterocycles. The van der Waals surface area contributed by atoms with Gasteiger partial charge in [-0.05, 0) is 56.0 Å². The summed E-state index contributed by atoms with van der Waals surface area (Å²) in [5, 5.41) is 31.7. The second-order valence-corrected chi connectivity index (χ2v) is 13.9. The van der Waals surface area contributed by atoms with E-state index >= 15 is 0 Å². The molecule has 1 saturated carbocycles. The van der Waals surface area contributed by atoms with Gasteiger partial charge in [0.2, 0.25) is 11.8 Å². The molecule has 4 atom stereocenters. The van der Waals surface area contributed by atoms with Crippen molar-refractivity contribution in [3.8, 4) is 0 Å². The number of hydrogen-bond donors (Lipinski definition) is 5. The standard InChI is InChI=1S/C35H51N9O7/c1-5-50-31(46)21-44-30(41-42-43-44)19-29(45)26(16-23-12-8-6-9-13-23)38-33(48)28(18-25-20-36-22-37-25)39-32(47)27(17-24-14-10-7-11-15-24)40-34(49)51-35(2,3)4/h7,10-11,14-15,20,22-23,26-29,45H,5-6,8-9,12-13,16-19,21H2,1-4H3,(H,36,37)(H,38,48)(H,39,47)(H,40,49)/t26-,27-,28-,29-/m0/s1. The fourth-order valence-electron chi connectivity index (χ4n) is 6.13. The molecule has 278 valence electrons. The summed E-state index contributed by atoms with van der Waals surface area (Å²) < 4.78 is 11.7. The highest BCUT2D eigenvalue weighted by atomic mass is 16.6. The van der Waals surface area contributed by atoms with Crippen LogP contribution in [0.3, 0.4) is 0 Å². The van der Waals surface area contributed by atoms with Gasteiger partial charge in [0.25, 0.3) is 0 Å². The molecule has 1 aliphatic rings. The Hall–Kier alpha value is -4.86. The molecule has 4 rings (SSSR count). The van der Waals surface area contributed by atoms with Crippen molar-refractivity contribution in [2.75, 3.05) is 6.61 Å². The van der Waals surface area contributed by atoms with E-state index in [4.69, 9.17) is 9.47 Å². The summed E-state index contributed by atoms with van der Waals surface area (Å²) in [7, 11) is 0. The molecule has 2 heterocycles. The van der Waals surface area contributed by atoms with Gasteiger partial charge in [0.05, 0.1) is 25.1 Å². The number of nitrogens with zero attached hydrogens (tertiary/aromatic N) is 5. The zero-order valence-corrected chi connectivity index (χ0v) is 29.8. The van der Waals surface area contributed by atoms with Gasteiger partial charge in [0.1, 0.15) is 24.2 Å². The smallest absolute Gasteiger partial charge is 0.408 e. The summed E-state index contributed by atoms with van der Waals surface area (Å²) in [6.45, 7) is 6.86. The number of benzene rings is 1. The molecule has 0 spiro atoms. The number of tetrazole rings is 1. The lowest BCUT2D eigenvalue weighted by Crippen LogP contribution is -2.58. The first-order valence-corrected chi connectivity index (χ1v) is 17.6. The van der Waals surface area contributed by atoms with E-state index in [0.29, 0.717) is 12.1 Å². The lowest BCUT2D eigenvalue weighted by molar-refractivity contribution is -0.144. The zero-order chi connectivity index (χ0) is 36.8. The molecular formula is C35H51N9O7. The normalized spacial score (nSPS) is 15.9. The minimum Gasteiger partial charge on any atom is -0.465 e. The number of aromatic amines is 1. The lowest BCUT2D eigenvalue weighted by atomic mass is 9.83. The average molecular weight is 710 g/mol. The van der Waals surface area contributed by atoms with Gasteiger partial charge in [-0.25, -0.2) is 14.5 Å². The number of alkyl carbamates (subject to hydrolysis) is 1. The molecule has 1 fully saturated rings. The number of nitrogens with one attached hydrogen (secondary N) is 4. The molecule has 16 heteroatoms. The Bertz CT molecular complexity index is 1540. The van der Waals surface area contributed by atoms with Crippen molar-refractivity contribution in [3.05, 3.63) is 59.9 Å². The van der Waals surface area contributed by atoms with E-state index in [9.17, 15) is 24.3 Å². The van der Waals surface area contributed by atoms with Crippen molar-refractivity contribution in [1.29, 1.82) is 0 Å². The number of carbonyl (C=O) groups excluding carboxylic acids is 4. The van der Waals surface area contributed by atoms with Crippen LogP contribution in [0.25, 0.3) is 0 Å². The van der Waals surface area contributed by atoms with Crippen LogP contribution in [0.5, 0.6) is 0 Å². The second kappa shape index (κ2) is 18.9. The lowest BCUT2D eigenvalue weighted by Gasteiger charge is -2.31. The van der Waals surface area contributed by atoms with Crippen molar-refractivity contribution in [2.45, 2.75) is 122 Å². The number of esters is 1. The Morgan fingerprint density at radius 1 is 0.980 bits per heavy atom. The predicted octanol–water partition coefficient (Wildman–Crippen LogP) is 2.18. The Morgan fingerprint density at radius 2 is 1.69 bits per heavy atom. The first-order chi connectivity index (χ1) is 24.4. The summed E-state index contributed by atoms with van der Waals surface area (Å²) in [4.78, 5) is 60.0. The third kappa shape index (κ3) is 13.1. The number of aromatic nitrogens is 6. The molecule has 0 radical (unpaired) electrons. The van der Waals surface area contributed by atoms with Crippen molar-refractivity contribution >= 4 is 23.9 Å². The molecular weight excluding hydrogens is 658 g/mol. The first kappa shape index (κ1) is 38.9. The van der Waals surface area contributed by atoms with Gasteiger partial charge < -0.3 is 35.5 Å². The van der Waals surface area contributed by atoms with E-state index < -0.39 is 53.7 Å². The number of H-pyrrole nitrogens is 1. The SMILES string of the molecule is CCOC(=O)Cn1nnnc1C[C@H](O)[C@H](CC1CCCCC1)NC(=O)[C@H](Cc1cnc[nH]1)NC(=O)[C@H](Cc1ccccc1)NC(=O)OC(C)(C)C. The van der Waals surface area contributed by atoms with E-state index in [-0.39, 0.29) is 44.2 Å². The maximum atomic E-state index is 14.1. The summed E-state index contributed by atoms with van der Waals surface area (Å²) in [6, 6.07) is 6.29. The zero-order valence-electron chi connectivity index (χ0n) is 29.8. The molecule has 0 saturated heterocycles. The monoisotopic (exact) mass is 709 g/mol. The van der Waals surface area contributed by atoms with Gasteiger partial charge in [-0.3, -0.25) is 14.4 Å². The number of aliphatic hydroxyl groups is 1. The van der Waals surface area contributed by atoms with Gasteiger partial charge >= 0.3 is 12.1 Å². The minimum absolute atomic E-state index is 0.0411. The molecule has 5 N–H and O–H groups in total. The van der Waals surface area contributed by atoms with Gasteiger partial charge in [0.15, 0.2) is 5.82 Å². The maximum absolute atomic E-state index is 14.1. The highest BCUT2D eigenvalue weighted by Gasteiger charge is 2.33.